The molecule has 1 amide bonds. The van der Waals surface area contributed by atoms with Crippen molar-refractivity contribution >= 4 is 5.91 Å². The first kappa shape index (κ1) is 15.0. The fraction of sp³-hybridized carbons (Fsp3) is 0.231. The number of benzene rings is 1. The van der Waals surface area contributed by atoms with Crippen molar-refractivity contribution in [1.82, 2.24) is 15.1 Å². The molecule has 0 fully saturated rings. The number of nitrogens with one attached hydrogen (secondary N) is 1. The predicted molar refractivity (Wildman–Crippen MR) is 66.0 cm³/mol. The van der Waals surface area contributed by atoms with Crippen LogP contribution in [0.25, 0.3) is 0 Å². The highest BCUT2D eigenvalue weighted by molar-refractivity contribution is 5.94. The van der Waals surface area contributed by atoms with Gasteiger partial charge in [-0.1, -0.05) is 6.07 Å². The van der Waals surface area contributed by atoms with E-state index in [1.54, 1.807) is 18.5 Å². The number of amides is 1. The third kappa shape index (κ3) is 3.59. The van der Waals surface area contributed by atoms with E-state index in [4.69, 9.17) is 0 Å². The molecule has 1 aromatic heterocycles. The number of hydrogen-bond donors (Lipinski definition) is 1. The van der Waals surface area contributed by atoms with E-state index in [2.05, 4.69) is 10.4 Å². The SMILES string of the molecule is O=C(NCCn1cccn1)c1cccc(C(F)(F)F)c1F. The van der Waals surface area contributed by atoms with Crippen LogP contribution in [0.15, 0.2) is 36.7 Å². The van der Waals surface area contributed by atoms with Crippen molar-refractivity contribution in [1.29, 1.82) is 0 Å². The molecule has 0 saturated heterocycles. The van der Waals surface area contributed by atoms with Gasteiger partial charge in [0.05, 0.1) is 17.7 Å². The van der Waals surface area contributed by atoms with Crippen molar-refractivity contribution in [3.05, 3.63) is 53.6 Å². The van der Waals surface area contributed by atoms with Crippen LogP contribution in [0, 0.1) is 5.82 Å². The number of aromatic nitrogens is 2. The van der Waals surface area contributed by atoms with E-state index < -0.39 is 29.0 Å². The maximum absolute atomic E-state index is 13.7. The zero-order valence-electron chi connectivity index (χ0n) is 10.7. The number of halogens is 4. The Hall–Kier alpha value is -2.38. The Kier molecular flexibility index (Phi) is 4.25. The molecule has 0 atom stereocenters. The third-order valence-corrected chi connectivity index (χ3v) is 2.73. The molecular formula is C13H11F4N3O. The van der Waals surface area contributed by atoms with Crippen LogP contribution in [-0.4, -0.2) is 22.2 Å². The normalized spacial score (nSPS) is 11.4. The van der Waals surface area contributed by atoms with E-state index in [-0.39, 0.29) is 6.54 Å². The summed E-state index contributed by atoms with van der Waals surface area (Å²) in [7, 11) is 0. The van der Waals surface area contributed by atoms with Gasteiger partial charge in [0, 0.05) is 18.9 Å². The van der Waals surface area contributed by atoms with Gasteiger partial charge in [-0.3, -0.25) is 9.48 Å². The van der Waals surface area contributed by atoms with Crippen LogP contribution in [0.1, 0.15) is 15.9 Å². The molecule has 2 aromatic rings. The van der Waals surface area contributed by atoms with Crippen molar-refractivity contribution in [2.75, 3.05) is 6.54 Å². The molecule has 112 valence electrons. The van der Waals surface area contributed by atoms with Crippen molar-refractivity contribution in [3.8, 4) is 0 Å². The number of hydrogen-bond acceptors (Lipinski definition) is 2. The molecule has 1 heterocycles. The van der Waals surface area contributed by atoms with E-state index in [0.717, 1.165) is 12.1 Å². The molecule has 4 nitrogen and oxygen atoms in total. The smallest absolute Gasteiger partial charge is 0.350 e. The molecule has 0 spiro atoms. The largest absolute Gasteiger partial charge is 0.419 e. The molecule has 0 saturated carbocycles. The zero-order valence-corrected chi connectivity index (χ0v) is 10.7. The van der Waals surface area contributed by atoms with Gasteiger partial charge in [-0.25, -0.2) is 4.39 Å². The summed E-state index contributed by atoms with van der Waals surface area (Å²) in [6.07, 6.45) is -1.62. The van der Waals surface area contributed by atoms with E-state index in [1.165, 1.54) is 4.68 Å². The lowest BCUT2D eigenvalue weighted by Crippen LogP contribution is -2.28. The van der Waals surface area contributed by atoms with Crippen LogP contribution >= 0.6 is 0 Å². The van der Waals surface area contributed by atoms with Crippen LogP contribution in [0.5, 0.6) is 0 Å². The highest BCUT2D eigenvalue weighted by Crippen LogP contribution is 2.32. The van der Waals surface area contributed by atoms with Crippen molar-refractivity contribution in [3.63, 3.8) is 0 Å². The Balaban J connectivity index is 2.05. The molecule has 0 aliphatic heterocycles. The van der Waals surface area contributed by atoms with E-state index in [1.807, 2.05) is 0 Å². The lowest BCUT2D eigenvalue weighted by atomic mass is 10.1. The second-order valence-electron chi connectivity index (χ2n) is 4.19. The maximum atomic E-state index is 13.7. The van der Waals surface area contributed by atoms with Gasteiger partial charge in [-0.2, -0.15) is 18.3 Å². The van der Waals surface area contributed by atoms with Gasteiger partial charge >= 0.3 is 6.18 Å². The molecule has 1 N–H and O–H groups in total. The van der Waals surface area contributed by atoms with Gasteiger partial charge in [-0.15, -0.1) is 0 Å². The molecule has 0 bridgehead atoms. The minimum absolute atomic E-state index is 0.121. The average molecular weight is 301 g/mol. The first-order valence-electron chi connectivity index (χ1n) is 6.01. The third-order valence-electron chi connectivity index (χ3n) is 2.73. The summed E-state index contributed by atoms with van der Waals surface area (Å²) in [6, 6.07) is 4.28. The van der Waals surface area contributed by atoms with Crippen LogP contribution < -0.4 is 5.32 Å². The fourth-order valence-electron chi connectivity index (χ4n) is 1.74. The minimum Gasteiger partial charge on any atom is -0.350 e. The molecule has 8 heteroatoms. The monoisotopic (exact) mass is 301 g/mol. The van der Waals surface area contributed by atoms with E-state index in [0.29, 0.717) is 12.6 Å². The summed E-state index contributed by atoms with van der Waals surface area (Å²) in [6.45, 7) is 0.454. The van der Waals surface area contributed by atoms with Gasteiger partial charge in [0.2, 0.25) is 0 Å². The second-order valence-corrected chi connectivity index (χ2v) is 4.19. The quantitative estimate of drug-likeness (QED) is 0.882. The fourth-order valence-corrected chi connectivity index (χ4v) is 1.74. The van der Waals surface area contributed by atoms with Gasteiger partial charge in [0.25, 0.3) is 5.91 Å². The lowest BCUT2D eigenvalue weighted by molar-refractivity contribution is -0.140. The predicted octanol–water partition coefficient (Wildman–Crippen LogP) is 2.47. The molecule has 0 unspecified atom stereocenters. The Labute approximate surface area is 117 Å². The van der Waals surface area contributed by atoms with Crippen LogP contribution in [0.3, 0.4) is 0 Å². The molecule has 0 aliphatic rings. The topological polar surface area (TPSA) is 46.9 Å². The highest BCUT2D eigenvalue weighted by atomic mass is 19.4. The molecule has 0 aliphatic carbocycles. The molecule has 1 aromatic carbocycles. The molecule has 0 radical (unpaired) electrons. The Morgan fingerprint density at radius 1 is 1.29 bits per heavy atom. The van der Waals surface area contributed by atoms with E-state index >= 15 is 0 Å². The number of carbonyl (C=O) groups is 1. The number of alkyl halides is 3. The first-order valence-corrected chi connectivity index (χ1v) is 6.01. The van der Waals surface area contributed by atoms with Crippen LogP contribution in [0.2, 0.25) is 0 Å². The zero-order chi connectivity index (χ0) is 15.5. The average Bonchev–Trinajstić information content (AvgIpc) is 2.90. The van der Waals surface area contributed by atoms with E-state index in [9.17, 15) is 22.4 Å². The number of carbonyl (C=O) groups excluding carboxylic acids is 1. The Morgan fingerprint density at radius 2 is 2.05 bits per heavy atom. The van der Waals surface area contributed by atoms with Crippen molar-refractivity contribution in [2.45, 2.75) is 12.7 Å². The standard InChI is InChI=1S/C13H11F4N3O/c14-11-9(3-1-4-10(11)13(15,16)17)12(21)18-6-8-20-7-2-5-19-20/h1-5,7H,6,8H2,(H,18,21). The Morgan fingerprint density at radius 3 is 2.67 bits per heavy atom. The van der Waals surface area contributed by atoms with Gasteiger partial charge < -0.3 is 5.32 Å². The summed E-state index contributed by atoms with van der Waals surface area (Å²) < 4.78 is 52.9. The summed E-state index contributed by atoms with van der Waals surface area (Å²) in [5, 5.41) is 6.24. The first-order chi connectivity index (χ1) is 9.89. The number of rotatable bonds is 4. The van der Waals surface area contributed by atoms with Gasteiger partial charge in [0.1, 0.15) is 5.82 Å². The summed E-state index contributed by atoms with van der Waals surface area (Å²) in [4.78, 5) is 11.7. The second kappa shape index (κ2) is 5.94. The van der Waals surface area contributed by atoms with Crippen LogP contribution in [0.4, 0.5) is 17.6 Å². The van der Waals surface area contributed by atoms with Crippen molar-refractivity contribution < 1.29 is 22.4 Å². The summed E-state index contributed by atoms with van der Waals surface area (Å²) in [5.74, 6) is -2.47. The maximum Gasteiger partial charge on any atom is 0.419 e. The summed E-state index contributed by atoms with van der Waals surface area (Å²) >= 11 is 0. The van der Waals surface area contributed by atoms with Gasteiger partial charge in [-0.05, 0) is 18.2 Å². The number of nitrogens with zero attached hydrogens (tertiary/aromatic N) is 2. The van der Waals surface area contributed by atoms with Crippen molar-refractivity contribution in [2.24, 2.45) is 0 Å². The van der Waals surface area contributed by atoms with Gasteiger partial charge in [0.15, 0.2) is 0 Å². The van der Waals surface area contributed by atoms with Crippen LogP contribution in [-0.2, 0) is 12.7 Å². The Bertz CT molecular complexity index is 623. The molecule has 21 heavy (non-hydrogen) atoms. The lowest BCUT2D eigenvalue weighted by Gasteiger charge is -2.11. The minimum atomic E-state index is -4.84. The summed E-state index contributed by atoms with van der Waals surface area (Å²) in [5.41, 5.74) is -2.09. The highest BCUT2D eigenvalue weighted by Gasteiger charge is 2.35. The molecular weight excluding hydrogens is 290 g/mol. The molecule has 2 rings (SSSR count).